The van der Waals surface area contributed by atoms with Gasteiger partial charge in [0.1, 0.15) is 0 Å². The maximum atomic E-state index is 5.30. The van der Waals surface area contributed by atoms with Crippen molar-refractivity contribution >= 4 is 65.0 Å². The molecule has 46 heavy (non-hydrogen) atoms. The highest BCUT2D eigenvalue weighted by Crippen LogP contribution is 2.39. The molecule has 0 atom stereocenters. The van der Waals surface area contributed by atoms with Crippen LogP contribution in [0.5, 0.6) is 0 Å². The first kappa shape index (κ1) is 25.1. The summed E-state index contributed by atoms with van der Waals surface area (Å²) in [7, 11) is 0. The van der Waals surface area contributed by atoms with E-state index in [-0.39, 0.29) is 0 Å². The standard InChI is InChI=1S/C42H24N4/c1-4-25-9-10-27-13-17-34(35-18-14-26(5-1)39(25)40(27)35)38-20-16-29-12-11-28-15-19-36(45-41(28)42(29)46-38)31-22-30(23-43-24-31)32-6-2-8-37-33(32)7-3-21-44-37/h1-24H. The van der Waals surface area contributed by atoms with Crippen molar-refractivity contribution < 1.29 is 0 Å². The maximum absolute atomic E-state index is 5.30. The summed E-state index contributed by atoms with van der Waals surface area (Å²) in [5, 5.41) is 10.8. The van der Waals surface area contributed by atoms with E-state index < -0.39 is 0 Å². The molecule has 0 N–H and O–H groups in total. The molecule has 0 aliphatic heterocycles. The second-order valence-electron chi connectivity index (χ2n) is 11.9. The van der Waals surface area contributed by atoms with E-state index in [0.717, 1.165) is 66.4 Å². The Balaban J connectivity index is 1.14. The zero-order chi connectivity index (χ0) is 30.2. The third-order valence-electron chi connectivity index (χ3n) is 9.31. The zero-order valence-electron chi connectivity index (χ0n) is 24.6. The van der Waals surface area contributed by atoms with Gasteiger partial charge in [-0.3, -0.25) is 9.97 Å². The fourth-order valence-electron chi connectivity index (χ4n) is 7.12. The molecule has 0 saturated heterocycles. The molecule has 10 aromatic rings. The number of aromatic nitrogens is 4. The number of rotatable bonds is 3. The van der Waals surface area contributed by atoms with E-state index >= 15 is 0 Å². The molecule has 0 unspecified atom stereocenters. The van der Waals surface area contributed by atoms with Crippen LogP contribution in [0.25, 0.3) is 98.7 Å². The lowest BCUT2D eigenvalue weighted by molar-refractivity contribution is 1.30. The second-order valence-corrected chi connectivity index (χ2v) is 11.9. The lowest BCUT2D eigenvalue weighted by Gasteiger charge is -2.14. The predicted octanol–water partition coefficient (Wildman–Crippen LogP) is 10.6. The molecular weight excluding hydrogens is 560 g/mol. The van der Waals surface area contributed by atoms with Crippen molar-refractivity contribution in [3.05, 3.63) is 146 Å². The van der Waals surface area contributed by atoms with Crippen LogP contribution in [0, 0.1) is 0 Å². The van der Waals surface area contributed by atoms with E-state index in [1.165, 1.54) is 32.3 Å². The highest BCUT2D eigenvalue weighted by molar-refractivity contribution is 6.25. The third kappa shape index (κ3) is 3.74. The van der Waals surface area contributed by atoms with Crippen LogP contribution >= 0.6 is 0 Å². The zero-order valence-corrected chi connectivity index (χ0v) is 24.6. The number of hydrogen-bond donors (Lipinski definition) is 0. The average molecular weight is 585 g/mol. The lowest BCUT2D eigenvalue weighted by Crippen LogP contribution is -1.93. The van der Waals surface area contributed by atoms with E-state index in [0.29, 0.717) is 0 Å². The van der Waals surface area contributed by atoms with Crippen molar-refractivity contribution in [1.82, 2.24) is 19.9 Å². The van der Waals surface area contributed by atoms with Gasteiger partial charge >= 0.3 is 0 Å². The van der Waals surface area contributed by atoms with Gasteiger partial charge < -0.3 is 0 Å². The molecule has 0 aliphatic rings. The van der Waals surface area contributed by atoms with Gasteiger partial charge in [0.25, 0.3) is 0 Å². The Bertz CT molecular complexity index is 2800. The molecule has 4 heterocycles. The van der Waals surface area contributed by atoms with Gasteiger partial charge in [-0.05, 0) is 68.2 Å². The molecule has 0 aliphatic carbocycles. The predicted molar refractivity (Wildman–Crippen MR) is 190 cm³/mol. The SMILES string of the molecule is c1cc2ccc3ccc(-c4ccc5ccc6ccc(-c7cncc(-c8cccc9ncccc89)c7)nc6c5n4)c4ccc(c1)c2c34. The summed E-state index contributed by atoms with van der Waals surface area (Å²) in [4.78, 5) is 19.7. The minimum absolute atomic E-state index is 0.864. The minimum atomic E-state index is 0.864. The summed E-state index contributed by atoms with van der Waals surface area (Å²) in [6, 6.07) is 45.1. The van der Waals surface area contributed by atoms with E-state index in [1.807, 2.05) is 36.8 Å². The van der Waals surface area contributed by atoms with Crippen molar-refractivity contribution in [2.45, 2.75) is 0 Å². The number of fused-ring (bicyclic) bond motifs is 4. The van der Waals surface area contributed by atoms with Gasteiger partial charge in [0, 0.05) is 51.4 Å². The van der Waals surface area contributed by atoms with Gasteiger partial charge in [-0.1, -0.05) is 97.1 Å². The maximum Gasteiger partial charge on any atom is 0.0972 e. The Kier molecular flexibility index (Phi) is 5.25. The van der Waals surface area contributed by atoms with Crippen LogP contribution in [-0.2, 0) is 0 Å². The smallest absolute Gasteiger partial charge is 0.0972 e. The summed E-state index contributed by atoms with van der Waals surface area (Å²) in [5.41, 5.74) is 8.77. The molecule has 0 saturated carbocycles. The minimum Gasteiger partial charge on any atom is -0.263 e. The fourth-order valence-corrected chi connectivity index (χ4v) is 7.12. The van der Waals surface area contributed by atoms with E-state index in [4.69, 9.17) is 9.97 Å². The molecule has 6 aromatic carbocycles. The van der Waals surface area contributed by atoms with E-state index in [2.05, 4.69) is 119 Å². The first-order valence-electron chi connectivity index (χ1n) is 15.5. The molecule has 0 amide bonds. The van der Waals surface area contributed by atoms with E-state index in [1.54, 1.807) is 0 Å². The second kappa shape index (κ2) is 9.62. The van der Waals surface area contributed by atoms with Gasteiger partial charge in [0.05, 0.1) is 27.9 Å². The Morgan fingerprint density at radius 1 is 0.413 bits per heavy atom. The monoisotopic (exact) mass is 584 g/mol. The average Bonchev–Trinajstić information content (AvgIpc) is 3.13. The first-order chi connectivity index (χ1) is 22.8. The van der Waals surface area contributed by atoms with Crippen molar-refractivity contribution in [3.8, 4) is 33.6 Å². The van der Waals surface area contributed by atoms with Crippen LogP contribution in [-0.4, -0.2) is 19.9 Å². The molecule has 4 aromatic heterocycles. The van der Waals surface area contributed by atoms with Crippen LogP contribution in [0.3, 0.4) is 0 Å². The van der Waals surface area contributed by atoms with Gasteiger partial charge in [0.2, 0.25) is 0 Å². The number of pyridine rings is 4. The number of nitrogens with zero attached hydrogens (tertiary/aromatic N) is 4. The molecule has 0 bridgehead atoms. The molecular formula is C42H24N4. The molecule has 0 spiro atoms. The number of benzene rings is 6. The third-order valence-corrected chi connectivity index (χ3v) is 9.31. The Hall–Kier alpha value is -6.26. The fraction of sp³-hybridized carbons (Fsp3) is 0. The summed E-state index contributed by atoms with van der Waals surface area (Å²) in [6.45, 7) is 0. The van der Waals surface area contributed by atoms with Crippen LogP contribution in [0.2, 0.25) is 0 Å². The first-order valence-corrected chi connectivity index (χ1v) is 15.5. The Morgan fingerprint density at radius 2 is 1.07 bits per heavy atom. The van der Waals surface area contributed by atoms with Crippen LogP contribution < -0.4 is 0 Å². The lowest BCUT2D eigenvalue weighted by atomic mass is 9.91. The molecule has 212 valence electrons. The van der Waals surface area contributed by atoms with Gasteiger partial charge in [0.15, 0.2) is 0 Å². The molecule has 4 heteroatoms. The van der Waals surface area contributed by atoms with Crippen molar-refractivity contribution in [3.63, 3.8) is 0 Å². The van der Waals surface area contributed by atoms with Crippen LogP contribution in [0.4, 0.5) is 0 Å². The molecule has 10 rings (SSSR count). The normalized spacial score (nSPS) is 11.9. The molecule has 0 radical (unpaired) electrons. The summed E-state index contributed by atoms with van der Waals surface area (Å²) < 4.78 is 0. The largest absolute Gasteiger partial charge is 0.263 e. The topological polar surface area (TPSA) is 51.6 Å². The Morgan fingerprint density at radius 3 is 1.91 bits per heavy atom. The number of hydrogen-bond acceptors (Lipinski definition) is 4. The van der Waals surface area contributed by atoms with Crippen molar-refractivity contribution in [2.24, 2.45) is 0 Å². The summed E-state index contributed by atoms with van der Waals surface area (Å²) in [6.07, 6.45) is 5.62. The quantitative estimate of drug-likeness (QED) is 0.194. The van der Waals surface area contributed by atoms with Gasteiger partial charge in [-0.25, -0.2) is 9.97 Å². The summed E-state index contributed by atoms with van der Waals surface area (Å²) in [5.74, 6) is 0. The highest BCUT2D eigenvalue weighted by atomic mass is 14.8. The Labute approximate surface area is 264 Å². The van der Waals surface area contributed by atoms with Gasteiger partial charge in [-0.15, -0.1) is 0 Å². The molecule has 0 fully saturated rings. The highest BCUT2D eigenvalue weighted by Gasteiger charge is 2.15. The van der Waals surface area contributed by atoms with Crippen LogP contribution in [0.15, 0.2) is 146 Å². The van der Waals surface area contributed by atoms with Crippen molar-refractivity contribution in [2.75, 3.05) is 0 Å². The van der Waals surface area contributed by atoms with E-state index in [9.17, 15) is 0 Å². The molecule has 4 nitrogen and oxygen atoms in total. The summed E-state index contributed by atoms with van der Waals surface area (Å²) >= 11 is 0. The van der Waals surface area contributed by atoms with Crippen molar-refractivity contribution in [1.29, 1.82) is 0 Å². The van der Waals surface area contributed by atoms with Gasteiger partial charge in [-0.2, -0.15) is 0 Å². The van der Waals surface area contributed by atoms with Crippen LogP contribution in [0.1, 0.15) is 0 Å².